The zero-order valence-corrected chi connectivity index (χ0v) is 13.6. The number of urea groups is 1. The highest BCUT2D eigenvalue weighted by atomic mass is 19.2. The van der Waals surface area contributed by atoms with Gasteiger partial charge in [-0.2, -0.15) is 0 Å². The van der Waals surface area contributed by atoms with Crippen LogP contribution in [-0.2, 0) is 11.3 Å². The van der Waals surface area contributed by atoms with E-state index in [0.29, 0.717) is 6.42 Å². The van der Waals surface area contributed by atoms with Gasteiger partial charge in [-0.05, 0) is 44.3 Å². The van der Waals surface area contributed by atoms with Crippen LogP contribution in [0.3, 0.4) is 0 Å². The molecule has 1 aromatic carbocycles. The Hall–Kier alpha value is -2.02. The number of imide groups is 1. The maximum atomic E-state index is 13.9. The van der Waals surface area contributed by atoms with Gasteiger partial charge in [0.25, 0.3) is 5.91 Å². The number of nitrogens with zero attached hydrogens (tertiary/aromatic N) is 1. The Morgan fingerprint density at radius 2 is 1.96 bits per heavy atom. The van der Waals surface area contributed by atoms with Crippen molar-refractivity contribution in [2.75, 3.05) is 13.1 Å². The Morgan fingerprint density at radius 3 is 2.62 bits per heavy atom. The summed E-state index contributed by atoms with van der Waals surface area (Å²) in [6.07, 6.45) is 2.06. The van der Waals surface area contributed by atoms with Crippen molar-refractivity contribution in [3.05, 3.63) is 35.4 Å². The number of rotatable bonds is 4. The van der Waals surface area contributed by atoms with E-state index < -0.39 is 23.2 Å². The van der Waals surface area contributed by atoms with Gasteiger partial charge in [-0.1, -0.05) is 19.1 Å². The molecule has 0 saturated carbocycles. The van der Waals surface area contributed by atoms with E-state index in [1.165, 1.54) is 12.1 Å². The van der Waals surface area contributed by atoms with Gasteiger partial charge in [0.15, 0.2) is 11.6 Å². The molecule has 2 heterocycles. The molecule has 0 unspecified atom stereocenters. The van der Waals surface area contributed by atoms with Crippen molar-refractivity contribution in [2.24, 2.45) is 5.92 Å². The quantitative estimate of drug-likeness (QED) is 0.828. The molecule has 2 saturated heterocycles. The zero-order valence-electron chi connectivity index (χ0n) is 13.6. The van der Waals surface area contributed by atoms with Crippen LogP contribution in [0.25, 0.3) is 0 Å². The molecule has 2 fully saturated rings. The molecule has 0 radical (unpaired) electrons. The number of halogens is 2. The van der Waals surface area contributed by atoms with Crippen LogP contribution >= 0.6 is 0 Å². The van der Waals surface area contributed by atoms with Crippen molar-refractivity contribution in [3.8, 4) is 0 Å². The van der Waals surface area contributed by atoms with E-state index in [0.717, 1.165) is 36.9 Å². The summed E-state index contributed by atoms with van der Waals surface area (Å²) in [5.74, 6) is -2.30. The molecule has 130 valence electrons. The van der Waals surface area contributed by atoms with Gasteiger partial charge in [-0.25, -0.2) is 13.6 Å². The maximum Gasteiger partial charge on any atom is 0.325 e. The SMILES string of the molecule is CC[C@@]1(C2CCNCC2)NC(=O)N(Cc2cccc(F)c2F)C1=O. The molecule has 7 heteroatoms. The Labute approximate surface area is 139 Å². The smallest absolute Gasteiger partial charge is 0.323 e. The summed E-state index contributed by atoms with van der Waals surface area (Å²) >= 11 is 0. The third-order valence-electron chi connectivity index (χ3n) is 5.16. The number of carbonyl (C=O) groups excluding carboxylic acids is 2. The minimum atomic E-state index is -1.02. The fraction of sp³-hybridized carbons (Fsp3) is 0.529. The molecule has 1 aromatic rings. The van der Waals surface area contributed by atoms with Crippen molar-refractivity contribution in [3.63, 3.8) is 0 Å². The summed E-state index contributed by atoms with van der Waals surface area (Å²) in [4.78, 5) is 26.3. The molecule has 2 aliphatic rings. The molecule has 2 aliphatic heterocycles. The molecule has 0 spiro atoms. The number of piperidine rings is 1. The number of benzene rings is 1. The average Bonchev–Trinajstić information content (AvgIpc) is 2.84. The third-order valence-corrected chi connectivity index (χ3v) is 5.16. The Morgan fingerprint density at radius 1 is 1.25 bits per heavy atom. The van der Waals surface area contributed by atoms with Crippen LogP contribution < -0.4 is 10.6 Å². The van der Waals surface area contributed by atoms with Crippen molar-refractivity contribution in [1.82, 2.24) is 15.5 Å². The summed E-state index contributed by atoms with van der Waals surface area (Å²) in [6.45, 7) is 3.20. The summed E-state index contributed by atoms with van der Waals surface area (Å²) in [5, 5.41) is 6.08. The highest BCUT2D eigenvalue weighted by Crippen LogP contribution is 2.35. The van der Waals surface area contributed by atoms with Gasteiger partial charge in [-0.3, -0.25) is 9.69 Å². The molecule has 24 heavy (non-hydrogen) atoms. The molecule has 5 nitrogen and oxygen atoms in total. The van der Waals surface area contributed by atoms with Crippen LogP contribution in [0.15, 0.2) is 18.2 Å². The van der Waals surface area contributed by atoms with Gasteiger partial charge in [0, 0.05) is 5.56 Å². The normalized spacial score (nSPS) is 25.2. The first kappa shape index (κ1) is 16.8. The lowest BCUT2D eigenvalue weighted by molar-refractivity contribution is -0.134. The maximum absolute atomic E-state index is 13.9. The van der Waals surface area contributed by atoms with Crippen LogP contribution in [0.1, 0.15) is 31.7 Å². The average molecular weight is 337 g/mol. The van der Waals surface area contributed by atoms with E-state index in [1.807, 2.05) is 6.92 Å². The summed E-state index contributed by atoms with van der Waals surface area (Å²) < 4.78 is 27.3. The standard InChI is InChI=1S/C17H21F2N3O2/c1-2-17(12-6-8-20-9-7-12)15(23)22(16(24)21-17)10-11-4-3-5-13(18)14(11)19/h3-5,12,20H,2,6-10H2,1H3,(H,21,24)/t17-/m0/s1. The van der Waals surface area contributed by atoms with Crippen molar-refractivity contribution in [1.29, 1.82) is 0 Å². The number of hydrogen-bond donors (Lipinski definition) is 2. The first-order chi connectivity index (χ1) is 11.5. The fourth-order valence-electron chi connectivity index (χ4n) is 3.75. The minimum Gasteiger partial charge on any atom is -0.323 e. The minimum absolute atomic E-state index is 0.00397. The summed E-state index contributed by atoms with van der Waals surface area (Å²) in [6, 6.07) is 3.22. The molecule has 2 N–H and O–H groups in total. The number of hydrogen-bond acceptors (Lipinski definition) is 3. The van der Waals surface area contributed by atoms with Crippen LogP contribution in [0.5, 0.6) is 0 Å². The second-order valence-corrected chi connectivity index (χ2v) is 6.38. The molecule has 0 aromatic heterocycles. The van der Waals surface area contributed by atoms with Crippen LogP contribution in [0, 0.1) is 17.6 Å². The molecule has 3 rings (SSSR count). The molecular weight excluding hydrogens is 316 g/mol. The third kappa shape index (κ3) is 2.66. The van der Waals surface area contributed by atoms with Crippen LogP contribution in [0.4, 0.5) is 13.6 Å². The second-order valence-electron chi connectivity index (χ2n) is 6.38. The van der Waals surface area contributed by atoms with Crippen molar-refractivity contribution in [2.45, 2.75) is 38.3 Å². The highest BCUT2D eigenvalue weighted by molar-refractivity contribution is 6.07. The number of amides is 3. The van der Waals surface area contributed by atoms with E-state index in [9.17, 15) is 18.4 Å². The van der Waals surface area contributed by atoms with Crippen LogP contribution in [0.2, 0.25) is 0 Å². The first-order valence-electron chi connectivity index (χ1n) is 8.27. The van der Waals surface area contributed by atoms with Gasteiger partial charge >= 0.3 is 6.03 Å². The highest BCUT2D eigenvalue weighted by Gasteiger charge is 2.54. The van der Waals surface area contributed by atoms with Crippen LogP contribution in [-0.4, -0.2) is 35.5 Å². The van der Waals surface area contributed by atoms with Gasteiger partial charge in [-0.15, -0.1) is 0 Å². The predicted octanol–water partition coefficient (Wildman–Crippen LogP) is 2.17. The molecule has 0 aliphatic carbocycles. The van der Waals surface area contributed by atoms with Crippen molar-refractivity contribution >= 4 is 11.9 Å². The van der Waals surface area contributed by atoms with E-state index in [4.69, 9.17) is 0 Å². The largest absolute Gasteiger partial charge is 0.325 e. The van der Waals surface area contributed by atoms with Gasteiger partial charge in [0.1, 0.15) is 5.54 Å². The Balaban J connectivity index is 1.86. The lowest BCUT2D eigenvalue weighted by Crippen LogP contribution is -2.55. The van der Waals surface area contributed by atoms with Gasteiger partial charge in [0.2, 0.25) is 0 Å². The molecule has 1 atom stereocenters. The van der Waals surface area contributed by atoms with E-state index >= 15 is 0 Å². The summed E-state index contributed by atoms with van der Waals surface area (Å²) in [7, 11) is 0. The predicted molar refractivity (Wildman–Crippen MR) is 84.1 cm³/mol. The Kier molecular flexibility index (Phi) is 4.54. The summed E-state index contributed by atoms with van der Waals surface area (Å²) in [5.41, 5.74) is -0.945. The lowest BCUT2D eigenvalue weighted by Gasteiger charge is -2.37. The van der Waals surface area contributed by atoms with E-state index in [1.54, 1.807) is 0 Å². The second kappa shape index (κ2) is 6.47. The lowest BCUT2D eigenvalue weighted by atomic mass is 9.76. The number of nitrogens with one attached hydrogen (secondary N) is 2. The number of carbonyl (C=O) groups is 2. The van der Waals surface area contributed by atoms with E-state index in [2.05, 4.69) is 10.6 Å². The van der Waals surface area contributed by atoms with Gasteiger partial charge < -0.3 is 10.6 Å². The molecule has 3 amide bonds. The monoisotopic (exact) mass is 337 g/mol. The Bertz CT molecular complexity index is 661. The zero-order chi connectivity index (χ0) is 17.3. The van der Waals surface area contributed by atoms with Crippen molar-refractivity contribution < 1.29 is 18.4 Å². The topological polar surface area (TPSA) is 61.4 Å². The molecule has 0 bridgehead atoms. The first-order valence-corrected chi connectivity index (χ1v) is 8.27. The van der Waals surface area contributed by atoms with E-state index in [-0.39, 0.29) is 23.9 Å². The van der Waals surface area contributed by atoms with Gasteiger partial charge in [0.05, 0.1) is 6.54 Å². The molecular formula is C17H21F2N3O2. The fourth-order valence-corrected chi connectivity index (χ4v) is 3.75.